The van der Waals surface area contributed by atoms with Gasteiger partial charge >= 0.3 is 0 Å². The smallest absolute Gasteiger partial charge is 0.273 e. The van der Waals surface area contributed by atoms with E-state index in [4.69, 9.17) is 0 Å². The first-order valence-corrected chi connectivity index (χ1v) is 10.5. The van der Waals surface area contributed by atoms with Gasteiger partial charge in [0.15, 0.2) is 0 Å². The van der Waals surface area contributed by atoms with Gasteiger partial charge in [-0.05, 0) is 30.5 Å². The third kappa shape index (κ3) is 6.66. The Kier molecular flexibility index (Phi) is 8.53. The van der Waals surface area contributed by atoms with Crippen molar-refractivity contribution in [1.82, 2.24) is 10.2 Å². The summed E-state index contributed by atoms with van der Waals surface area (Å²) >= 11 is 3.38. The van der Waals surface area contributed by atoms with E-state index in [2.05, 4.69) is 21.2 Å². The summed E-state index contributed by atoms with van der Waals surface area (Å²) in [6.07, 6.45) is -0.157. The second-order valence-electron chi connectivity index (χ2n) is 7.53. The average Bonchev–Trinajstić information content (AvgIpc) is 2.71. The number of para-hydroxylation sites is 1. The summed E-state index contributed by atoms with van der Waals surface area (Å²) in [6.45, 7) is 6.39. The van der Waals surface area contributed by atoms with E-state index in [9.17, 15) is 19.7 Å². The Hall–Kier alpha value is -2.74. The van der Waals surface area contributed by atoms with Crippen molar-refractivity contribution in [3.63, 3.8) is 0 Å². The highest BCUT2D eigenvalue weighted by atomic mass is 79.9. The number of nitrogens with zero attached hydrogens (tertiary/aromatic N) is 2. The number of benzene rings is 2. The maximum atomic E-state index is 13.2. The van der Waals surface area contributed by atoms with Crippen LogP contribution in [0.2, 0.25) is 0 Å². The summed E-state index contributed by atoms with van der Waals surface area (Å²) in [6, 6.07) is 12.9. The van der Waals surface area contributed by atoms with Crippen molar-refractivity contribution in [2.75, 3.05) is 6.54 Å². The van der Waals surface area contributed by atoms with Crippen molar-refractivity contribution in [3.05, 3.63) is 74.2 Å². The average molecular weight is 476 g/mol. The lowest BCUT2D eigenvalue weighted by Crippen LogP contribution is -2.48. The van der Waals surface area contributed by atoms with Gasteiger partial charge in [-0.1, -0.05) is 60.1 Å². The summed E-state index contributed by atoms with van der Waals surface area (Å²) in [4.78, 5) is 38.1. The van der Waals surface area contributed by atoms with E-state index in [1.165, 1.54) is 11.0 Å². The molecule has 0 unspecified atom stereocenters. The maximum Gasteiger partial charge on any atom is 0.273 e. The Morgan fingerprint density at radius 1 is 1.10 bits per heavy atom. The molecule has 1 N–H and O–H groups in total. The predicted molar refractivity (Wildman–Crippen MR) is 119 cm³/mol. The number of nitrogens with one attached hydrogen (secondary N) is 1. The number of hydrogen-bond acceptors (Lipinski definition) is 4. The molecule has 0 radical (unpaired) electrons. The van der Waals surface area contributed by atoms with Crippen LogP contribution in [0.5, 0.6) is 0 Å². The van der Waals surface area contributed by atoms with E-state index >= 15 is 0 Å². The Bertz CT molecular complexity index is 900. The van der Waals surface area contributed by atoms with Crippen LogP contribution in [0.3, 0.4) is 0 Å². The van der Waals surface area contributed by atoms with E-state index in [1.807, 2.05) is 38.1 Å². The molecular formula is C22H26BrN3O4. The Morgan fingerprint density at radius 2 is 1.73 bits per heavy atom. The summed E-state index contributed by atoms with van der Waals surface area (Å²) in [5, 5.41) is 14.2. The Balaban J connectivity index is 2.27. The van der Waals surface area contributed by atoms with Gasteiger partial charge in [0.1, 0.15) is 6.04 Å². The molecule has 0 aromatic heterocycles. The summed E-state index contributed by atoms with van der Waals surface area (Å²) in [5.74, 6) is -0.320. The van der Waals surface area contributed by atoms with Gasteiger partial charge in [0.2, 0.25) is 11.8 Å². The van der Waals surface area contributed by atoms with Gasteiger partial charge in [-0.2, -0.15) is 0 Å². The first kappa shape index (κ1) is 23.5. The minimum absolute atomic E-state index is 0.105. The molecule has 2 aromatic carbocycles. The van der Waals surface area contributed by atoms with Crippen molar-refractivity contribution in [3.8, 4) is 0 Å². The second-order valence-corrected chi connectivity index (χ2v) is 8.44. The third-order valence-corrected chi connectivity index (χ3v) is 5.18. The van der Waals surface area contributed by atoms with E-state index in [0.717, 1.165) is 10.0 Å². The molecule has 30 heavy (non-hydrogen) atoms. The minimum Gasteiger partial charge on any atom is -0.354 e. The van der Waals surface area contributed by atoms with Gasteiger partial charge in [-0.3, -0.25) is 19.7 Å². The largest absolute Gasteiger partial charge is 0.354 e. The van der Waals surface area contributed by atoms with Gasteiger partial charge in [0, 0.05) is 29.2 Å². The Labute approximate surface area is 184 Å². The molecular weight excluding hydrogens is 450 g/mol. The van der Waals surface area contributed by atoms with E-state index < -0.39 is 11.0 Å². The van der Waals surface area contributed by atoms with Gasteiger partial charge in [0.25, 0.3) is 5.69 Å². The molecule has 0 fully saturated rings. The van der Waals surface area contributed by atoms with Crippen molar-refractivity contribution in [1.29, 1.82) is 0 Å². The highest BCUT2D eigenvalue weighted by Gasteiger charge is 2.27. The number of rotatable bonds is 9. The molecule has 0 aliphatic heterocycles. The first-order chi connectivity index (χ1) is 14.2. The highest BCUT2D eigenvalue weighted by molar-refractivity contribution is 9.10. The van der Waals surface area contributed by atoms with Gasteiger partial charge in [0.05, 0.1) is 11.3 Å². The third-order valence-electron chi connectivity index (χ3n) is 4.65. The highest BCUT2D eigenvalue weighted by Crippen LogP contribution is 2.21. The molecule has 2 rings (SSSR count). The van der Waals surface area contributed by atoms with Gasteiger partial charge in [-0.25, -0.2) is 0 Å². The maximum absolute atomic E-state index is 13.2. The van der Waals surface area contributed by atoms with Crippen molar-refractivity contribution >= 4 is 33.4 Å². The van der Waals surface area contributed by atoms with Crippen LogP contribution in [0, 0.1) is 16.0 Å². The van der Waals surface area contributed by atoms with Crippen molar-refractivity contribution in [2.24, 2.45) is 5.92 Å². The van der Waals surface area contributed by atoms with Crippen LogP contribution in [0.15, 0.2) is 53.0 Å². The van der Waals surface area contributed by atoms with Crippen LogP contribution in [0.25, 0.3) is 0 Å². The molecule has 7 nitrogen and oxygen atoms in total. The second kappa shape index (κ2) is 10.9. The SMILES string of the molecule is CC(C)CNC(=O)[C@@H](C)N(Cc1ccc(Br)cc1)C(=O)Cc1ccccc1[N+](=O)[O-]. The zero-order valence-corrected chi connectivity index (χ0v) is 18.9. The van der Waals surface area contributed by atoms with E-state index in [1.54, 1.807) is 25.1 Å². The standard InChI is InChI=1S/C22H26BrN3O4/c1-15(2)13-24-22(28)16(3)25(14-17-8-10-19(23)11-9-17)21(27)12-18-6-4-5-7-20(18)26(29)30/h4-11,15-16H,12-14H2,1-3H3,(H,24,28)/t16-/m1/s1. The number of nitro benzene ring substituents is 1. The number of nitro groups is 1. The van der Waals surface area contributed by atoms with E-state index in [-0.39, 0.29) is 36.4 Å². The molecule has 1 atom stereocenters. The fourth-order valence-electron chi connectivity index (χ4n) is 2.92. The molecule has 0 spiro atoms. The molecule has 8 heteroatoms. The minimum atomic E-state index is -0.720. The van der Waals surface area contributed by atoms with Crippen LogP contribution in [-0.4, -0.2) is 34.2 Å². The van der Waals surface area contributed by atoms with Crippen molar-refractivity contribution < 1.29 is 14.5 Å². The molecule has 0 heterocycles. The number of hydrogen-bond donors (Lipinski definition) is 1. The monoisotopic (exact) mass is 475 g/mol. The number of halogens is 1. The van der Waals surface area contributed by atoms with Crippen molar-refractivity contribution in [2.45, 2.75) is 39.8 Å². The van der Waals surface area contributed by atoms with Crippen LogP contribution in [-0.2, 0) is 22.6 Å². The quantitative estimate of drug-likeness (QED) is 0.436. The predicted octanol–water partition coefficient (Wildman–Crippen LogP) is 4.09. The normalized spacial score (nSPS) is 11.8. The number of amides is 2. The lowest BCUT2D eigenvalue weighted by molar-refractivity contribution is -0.385. The summed E-state index contributed by atoms with van der Waals surface area (Å²) in [7, 11) is 0. The summed E-state index contributed by atoms with van der Waals surface area (Å²) in [5.41, 5.74) is 1.08. The fourth-order valence-corrected chi connectivity index (χ4v) is 3.19. The topological polar surface area (TPSA) is 92.6 Å². The molecule has 0 saturated carbocycles. The van der Waals surface area contributed by atoms with Crippen LogP contribution in [0.4, 0.5) is 5.69 Å². The molecule has 0 saturated heterocycles. The zero-order chi connectivity index (χ0) is 22.3. The van der Waals surface area contributed by atoms with E-state index in [0.29, 0.717) is 12.1 Å². The lowest BCUT2D eigenvalue weighted by atomic mass is 10.1. The lowest BCUT2D eigenvalue weighted by Gasteiger charge is -2.29. The van der Waals surface area contributed by atoms with Gasteiger partial charge < -0.3 is 10.2 Å². The Morgan fingerprint density at radius 3 is 2.33 bits per heavy atom. The van der Waals surface area contributed by atoms with Crippen LogP contribution < -0.4 is 5.32 Å². The zero-order valence-electron chi connectivity index (χ0n) is 17.3. The van der Waals surface area contributed by atoms with Gasteiger partial charge in [-0.15, -0.1) is 0 Å². The fraction of sp³-hybridized carbons (Fsp3) is 0.364. The molecule has 0 aliphatic rings. The van der Waals surface area contributed by atoms with Crippen LogP contribution >= 0.6 is 15.9 Å². The molecule has 0 bridgehead atoms. The molecule has 160 valence electrons. The first-order valence-electron chi connectivity index (χ1n) is 9.73. The molecule has 2 amide bonds. The number of carbonyl (C=O) groups is 2. The number of carbonyl (C=O) groups excluding carboxylic acids is 2. The van der Waals surface area contributed by atoms with Crippen LogP contribution in [0.1, 0.15) is 31.9 Å². The summed E-state index contributed by atoms with van der Waals surface area (Å²) < 4.78 is 0.909. The molecule has 0 aliphatic carbocycles. The molecule has 2 aromatic rings.